The molecule has 0 radical (unpaired) electrons. The topological polar surface area (TPSA) is 98.4 Å². The van der Waals surface area contributed by atoms with Gasteiger partial charge in [-0.1, -0.05) is 0 Å². The Hall–Kier alpha value is -1.67. The molecule has 0 aliphatic rings. The van der Waals surface area contributed by atoms with Crippen LogP contribution in [0.15, 0.2) is 9.59 Å². The Morgan fingerprint density at radius 2 is 2.11 bits per heavy atom. The van der Waals surface area contributed by atoms with Crippen molar-refractivity contribution in [1.82, 2.24) is 14.3 Å². The maximum atomic E-state index is 11.7. The molecule has 1 heterocycles. The number of aliphatic hydroxyl groups excluding tert-OH is 1. The van der Waals surface area contributed by atoms with Gasteiger partial charge in [0.1, 0.15) is 0 Å². The van der Waals surface area contributed by atoms with E-state index in [0.717, 1.165) is 9.25 Å². The summed E-state index contributed by atoms with van der Waals surface area (Å²) in [4.78, 5) is 23.1. The van der Waals surface area contributed by atoms with E-state index in [1.54, 1.807) is 0 Å². The summed E-state index contributed by atoms with van der Waals surface area (Å²) in [7, 11) is 4.35. The average molecular weight is 258 g/mol. The highest BCUT2D eigenvalue weighted by Gasteiger charge is 2.09. The van der Waals surface area contributed by atoms with Gasteiger partial charge in [-0.05, 0) is 6.42 Å². The van der Waals surface area contributed by atoms with E-state index in [1.165, 1.54) is 21.2 Å². The molecule has 1 atom stereocenters. The lowest BCUT2D eigenvalue weighted by molar-refractivity contribution is 0.0615. The minimum absolute atomic E-state index is 0.0872. The third kappa shape index (κ3) is 3.41. The first-order valence-electron chi connectivity index (χ1n) is 5.52. The number of methoxy groups -OCH3 is 1. The number of hydrogen-bond acceptors (Lipinski definition) is 6. The lowest BCUT2D eigenvalue weighted by atomic mass is 10.3. The van der Waals surface area contributed by atoms with Crippen molar-refractivity contribution in [2.45, 2.75) is 12.5 Å². The number of aryl methyl sites for hydroxylation is 1. The number of rotatable bonds is 6. The predicted octanol–water partition coefficient (Wildman–Crippen LogP) is -1.71. The van der Waals surface area contributed by atoms with Gasteiger partial charge in [-0.2, -0.15) is 0 Å². The highest BCUT2D eigenvalue weighted by atomic mass is 16.5. The van der Waals surface area contributed by atoms with Gasteiger partial charge >= 0.3 is 5.69 Å². The number of aliphatic hydroxyl groups is 1. The highest BCUT2D eigenvalue weighted by Crippen LogP contribution is 1.95. The summed E-state index contributed by atoms with van der Waals surface area (Å²) in [6, 6.07) is 0. The van der Waals surface area contributed by atoms with Crippen molar-refractivity contribution in [3.05, 3.63) is 20.8 Å². The Balaban J connectivity index is 2.69. The van der Waals surface area contributed by atoms with Crippen LogP contribution in [0.5, 0.6) is 0 Å². The second-order valence-electron chi connectivity index (χ2n) is 3.94. The molecule has 1 rings (SSSR count). The fraction of sp³-hybridized carbons (Fsp3) is 0.700. The minimum atomic E-state index is -0.598. The van der Waals surface area contributed by atoms with E-state index in [9.17, 15) is 14.7 Å². The molecule has 1 aromatic heterocycles. The number of aromatic nitrogens is 3. The molecular weight excluding hydrogens is 240 g/mol. The number of ether oxygens (including phenoxy) is 1. The molecule has 0 saturated heterocycles. The number of nitrogens with zero attached hydrogens (tertiary/aromatic N) is 3. The van der Waals surface area contributed by atoms with E-state index in [-0.39, 0.29) is 12.4 Å². The third-order valence-corrected chi connectivity index (χ3v) is 2.45. The van der Waals surface area contributed by atoms with Crippen molar-refractivity contribution < 1.29 is 9.84 Å². The Morgan fingerprint density at radius 1 is 1.44 bits per heavy atom. The van der Waals surface area contributed by atoms with Gasteiger partial charge in [0.25, 0.3) is 5.56 Å². The van der Waals surface area contributed by atoms with Crippen LogP contribution in [0.25, 0.3) is 0 Å². The molecule has 8 heteroatoms. The second kappa shape index (κ2) is 6.31. The molecule has 1 aromatic rings. The maximum absolute atomic E-state index is 11.7. The van der Waals surface area contributed by atoms with E-state index in [2.05, 4.69) is 10.4 Å². The van der Waals surface area contributed by atoms with E-state index < -0.39 is 17.4 Å². The normalized spacial score (nSPS) is 12.4. The van der Waals surface area contributed by atoms with Gasteiger partial charge in [0.05, 0.1) is 12.7 Å². The summed E-state index contributed by atoms with van der Waals surface area (Å²) in [5, 5.41) is 16.0. The molecule has 0 aliphatic heterocycles. The standard InChI is InChI=1S/C10H18N4O4/c1-13-9(16)8(12-14(2)10(13)17)11-5-4-7(15)6-18-3/h7,15H,4-6H2,1-3H3,(H,11,12). The van der Waals surface area contributed by atoms with Crippen LogP contribution in [-0.2, 0) is 18.8 Å². The predicted molar refractivity (Wildman–Crippen MR) is 65.7 cm³/mol. The van der Waals surface area contributed by atoms with Crippen LogP contribution < -0.4 is 16.6 Å². The van der Waals surface area contributed by atoms with E-state index >= 15 is 0 Å². The van der Waals surface area contributed by atoms with E-state index in [0.29, 0.717) is 13.0 Å². The Kier molecular flexibility index (Phi) is 5.05. The summed E-state index contributed by atoms with van der Waals surface area (Å²) in [6.07, 6.45) is -0.180. The van der Waals surface area contributed by atoms with Crippen LogP contribution in [0, 0.1) is 0 Å². The van der Waals surface area contributed by atoms with Crippen molar-refractivity contribution in [3.63, 3.8) is 0 Å². The quantitative estimate of drug-likeness (QED) is 0.630. The summed E-state index contributed by atoms with van der Waals surface area (Å²) in [5.41, 5.74) is -0.968. The molecule has 0 fully saturated rings. The van der Waals surface area contributed by atoms with Crippen molar-refractivity contribution in [2.24, 2.45) is 14.1 Å². The zero-order chi connectivity index (χ0) is 13.7. The molecule has 102 valence electrons. The lowest BCUT2D eigenvalue weighted by Crippen LogP contribution is -2.40. The molecule has 1 unspecified atom stereocenters. The zero-order valence-corrected chi connectivity index (χ0v) is 10.7. The van der Waals surface area contributed by atoms with Crippen LogP contribution in [-0.4, -0.2) is 45.8 Å². The number of anilines is 1. The first-order chi connectivity index (χ1) is 8.47. The van der Waals surface area contributed by atoms with Gasteiger partial charge in [-0.3, -0.25) is 9.36 Å². The maximum Gasteiger partial charge on any atom is 0.346 e. The van der Waals surface area contributed by atoms with Crippen LogP contribution in [0.4, 0.5) is 5.82 Å². The van der Waals surface area contributed by atoms with Gasteiger partial charge < -0.3 is 15.2 Å². The fourth-order valence-corrected chi connectivity index (χ4v) is 1.44. The summed E-state index contributed by atoms with van der Waals surface area (Å²) < 4.78 is 6.83. The van der Waals surface area contributed by atoms with Crippen molar-refractivity contribution in [1.29, 1.82) is 0 Å². The van der Waals surface area contributed by atoms with Gasteiger partial charge in [-0.15, -0.1) is 5.10 Å². The molecule has 0 bridgehead atoms. The SMILES string of the molecule is COCC(O)CCNc1nn(C)c(=O)n(C)c1=O. The summed E-state index contributed by atoms with van der Waals surface area (Å²) in [6.45, 7) is 0.603. The molecule has 0 amide bonds. The van der Waals surface area contributed by atoms with Crippen molar-refractivity contribution in [2.75, 3.05) is 25.6 Å². The van der Waals surface area contributed by atoms with Crippen LogP contribution >= 0.6 is 0 Å². The zero-order valence-electron chi connectivity index (χ0n) is 10.7. The smallest absolute Gasteiger partial charge is 0.346 e. The molecule has 0 aromatic carbocycles. The Labute approximate surface area is 104 Å². The molecule has 0 aliphatic carbocycles. The average Bonchev–Trinajstić information content (AvgIpc) is 2.33. The van der Waals surface area contributed by atoms with Gasteiger partial charge in [0, 0.05) is 27.7 Å². The molecule has 0 spiro atoms. The Morgan fingerprint density at radius 3 is 2.72 bits per heavy atom. The van der Waals surface area contributed by atoms with Crippen LogP contribution in [0.3, 0.4) is 0 Å². The molecule has 2 N–H and O–H groups in total. The molecular formula is C10H18N4O4. The molecule has 8 nitrogen and oxygen atoms in total. The fourth-order valence-electron chi connectivity index (χ4n) is 1.44. The Bertz CT molecular complexity index is 508. The number of nitrogens with one attached hydrogen (secondary N) is 1. The largest absolute Gasteiger partial charge is 0.391 e. The summed E-state index contributed by atoms with van der Waals surface area (Å²) >= 11 is 0. The van der Waals surface area contributed by atoms with E-state index in [4.69, 9.17) is 4.74 Å². The highest BCUT2D eigenvalue weighted by molar-refractivity contribution is 5.29. The van der Waals surface area contributed by atoms with Gasteiger partial charge in [0.15, 0.2) is 0 Å². The third-order valence-electron chi connectivity index (χ3n) is 2.45. The van der Waals surface area contributed by atoms with E-state index in [1.807, 2.05) is 0 Å². The minimum Gasteiger partial charge on any atom is -0.391 e. The van der Waals surface area contributed by atoms with Gasteiger partial charge in [0.2, 0.25) is 5.82 Å². The first kappa shape index (κ1) is 14.4. The van der Waals surface area contributed by atoms with Crippen molar-refractivity contribution in [3.8, 4) is 0 Å². The van der Waals surface area contributed by atoms with Crippen LogP contribution in [0.1, 0.15) is 6.42 Å². The molecule has 18 heavy (non-hydrogen) atoms. The number of hydrogen-bond donors (Lipinski definition) is 2. The summed E-state index contributed by atoms with van der Waals surface area (Å²) in [5.74, 6) is 0.0872. The monoisotopic (exact) mass is 258 g/mol. The first-order valence-corrected chi connectivity index (χ1v) is 5.52. The molecule has 0 saturated carbocycles. The lowest BCUT2D eigenvalue weighted by Gasteiger charge is -2.11. The van der Waals surface area contributed by atoms with Crippen molar-refractivity contribution >= 4 is 5.82 Å². The van der Waals surface area contributed by atoms with Crippen LogP contribution in [0.2, 0.25) is 0 Å². The second-order valence-corrected chi connectivity index (χ2v) is 3.94. The van der Waals surface area contributed by atoms with Gasteiger partial charge in [-0.25, -0.2) is 9.48 Å².